The van der Waals surface area contributed by atoms with E-state index in [4.69, 9.17) is 11.6 Å². The summed E-state index contributed by atoms with van der Waals surface area (Å²) >= 11 is 8.58. The van der Waals surface area contributed by atoms with Crippen LogP contribution in [0.15, 0.2) is 16.6 Å². The first-order chi connectivity index (χ1) is 9.92. The second-order valence-electron chi connectivity index (χ2n) is 4.24. The van der Waals surface area contributed by atoms with E-state index >= 15 is 0 Å². The number of hydrogen-bond acceptors (Lipinski definition) is 6. The van der Waals surface area contributed by atoms with E-state index < -0.39 is 10.0 Å². The van der Waals surface area contributed by atoms with Crippen molar-refractivity contribution >= 4 is 54.4 Å². The summed E-state index contributed by atoms with van der Waals surface area (Å²) < 4.78 is 29.0. The van der Waals surface area contributed by atoms with Crippen molar-refractivity contribution in [2.45, 2.75) is 25.3 Å². The maximum atomic E-state index is 12.5. The van der Waals surface area contributed by atoms with Crippen molar-refractivity contribution in [3.63, 3.8) is 0 Å². The van der Waals surface area contributed by atoms with Crippen molar-refractivity contribution in [1.29, 1.82) is 0 Å². The van der Waals surface area contributed by atoms with Gasteiger partial charge in [0.2, 0.25) is 0 Å². The second kappa shape index (κ2) is 5.24. The molecule has 21 heavy (non-hydrogen) atoms. The van der Waals surface area contributed by atoms with Gasteiger partial charge in [0.25, 0.3) is 10.0 Å². The van der Waals surface area contributed by atoms with Crippen molar-refractivity contribution in [2.24, 2.45) is 0 Å². The minimum absolute atomic E-state index is 0.0432. The van der Waals surface area contributed by atoms with Gasteiger partial charge in [0.05, 0.1) is 5.69 Å². The van der Waals surface area contributed by atoms with Gasteiger partial charge in [0.15, 0.2) is 20.3 Å². The van der Waals surface area contributed by atoms with Crippen molar-refractivity contribution in [1.82, 2.24) is 14.4 Å². The van der Waals surface area contributed by atoms with Crippen LogP contribution in [0.5, 0.6) is 0 Å². The molecule has 0 spiro atoms. The minimum Gasteiger partial charge on any atom is -0.278 e. The van der Waals surface area contributed by atoms with E-state index in [0.29, 0.717) is 10.1 Å². The Labute approximate surface area is 134 Å². The van der Waals surface area contributed by atoms with Crippen LogP contribution in [0.2, 0.25) is 5.15 Å². The van der Waals surface area contributed by atoms with Gasteiger partial charge >= 0.3 is 0 Å². The van der Waals surface area contributed by atoms with Gasteiger partial charge in [-0.2, -0.15) is 8.42 Å². The molecule has 3 heterocycles. The Kier molecular flexibility index (Phi) is 3.68. The number of aryl methyl sites for hydroxylation is 2. The molecule has 10 heteroatoms. The molecule has 0 atom stereocenters. The van der Waals surface area contributed by atoms with E-state index in [1.165, 1.54) is 27.1 Å². The molecule has 112 valence electrons. The molecule has 0 fully saturated rings. The summed E-state index contributed by atoms with van der Waals surface area (Å²) in [7, 11) is -3.84. The molecule has 0 amide bonds. The van der Waals surface area contributed by atoms with E-state index in [2.05, 4.69) is 14.7 Å². The third-order valence-electron chi connectivity index (χ3n) is 2.88. The highest BCUT2D eigenvalue weighted by Gasteiger charge is 2.26. The van der Waals surface area contributed by atoms with Crippen LogP contribution in [0.1, 0.15) is 17.5 Å². The summed E-state index contributed by atoms with van der Waals surface area (Å²) in [6, 6.07) is 0. The Balaban J connectivity index is 2.04. The first-order valence-corrected chi connectivity index (χ1v) is 9.58. The Morgan fingerprint density at radius 2 is 2.19 bits per heavy atom. The number of aromatic nitrogens is 3. The van der Waals surface area contributed by atoms with Crippen molar-refractivity contribution in [2.75, 3.05) is 4.72 Å². The highest BCUT2D eigenvalue weighted by atomic mass is 35.5. The number of hydrogen-bond donors (Lipinski definition) is 1. The number of nitrogens with zero attached hydrogens (tertiary/aromatic N) is 3. The molecule has 0 saturated carbocycles. The molecule has 0 aliphatic rings. The van der Waals surface area contributed by atoms with Crippen LogP contribution in [0.3, 0.4) is 0 Å². The lowest BCUT2D eigenvalue weighted by molar-refractivity contribution is 0.596. The number of nitrogens with one attached hydrogen (secondary N) is 1. The Morgan fingerprint density at radius 1 is 1.43 bits per heavy atom. The van der Waals surface area contributed by atoms with Gasteiger partial charge in [-0.25, -0.2) is 9.97 Å². The summed E-state index contributed by atoms with van der Waals surface area (Å²) in [5.74, 6) is 0. The molecule has 1 N–H and O–H groups in total. The van der Waals surface area contributed by atoms with Gasteiger partial charge < -0.3 is 0 Å². The van der Waals surface area contributed by atoms with Gasteiger partial charge in [-0.3, -0.25) is 9.12 Å². The van der Waals surface area contributed by atoms with Gasteiger partial charge in [-0.15, -0.1) is 22.7 Å². The highest BCUT2D eigenvalue weighted by molar-refractivity contribution is 7.93. The van der Waals surface area contributed by atoms with E-state index in [1.54, 1.807) is 11.6 Å². The molecule has 0 unspecified atom stereocenters. The molecule has 3 aromatic heterocycles. The fourth-order valence-electron chi connectivity index (χ4n) is 1.94. The summed E-state index contributed by atoms with van der Waals surface area (Å²) in [6.07, 6.45) is 2.38. The minimum atomic E-state index is -3.84. The number of anilines is 1. The molecule has 0 aromatic carbocycles. The molecule has 3 rings (SSSR count). The van der Waals surface area contributed by atoms with Crippen LogP contribution < -0.4 is 4.72 Å². The maximum absolute atomic E-state index is 12.5. The van der Waals surface area contributed by atoms with Crippen LogP contribution in [0.25, 0.3) is 4.96 Å². The van der Waals surface area contributed by atoms with Gasteiger partial charge in [-0.05, 0) is 13.3 Å². The van der Waals surface area contributed by atoms with Gasteiger partial charge in [0.1, 0.15) is 0 Å². The lowest BCUT2D eigenvalue weighted by Crippen LogP contribution is -2.15. The Hall–Kier alpha value is -1.16. The molecular weight excluding hydrogens is 352 g/mol. The van der Waals surface area contributed by atoms with Crippen LogP contribution in [-0.2, 0) is 16.4 Å². The Bertz CT molecular complexity index is 909. The molecule has 0 saturated heterocycles. The third kappa shape index (κ3) is 2.54. The maximum Gasteiger partial charge on any atom is 0.282 e. The molecular formula is C11H11ClN4O2S3. The number of rotatable bonds is 4. The predicted octanol–water partition coefficient (Wildman–Crippen LogP) is 3.18. The average molecular weight is 363 g/mol. The van der Waals surface area contributed by atoms with Crippen molar-refractivity contribution in [3.05, 3.63) is 27.3 Å². The van der Waals surface area contributed by atoms with Gasteiger partial charge in [-0.1, -0.05) is 18.5 Å². The summed E-state index contributed by atoms with van der Waals surface area (Å²) in [4.78, 5) is 9.84. The molecule has 6 nitrogen and oxygen atoms in total. The number of halogens is 1. The lowest BCUT2D eigenvalue weighted by atomic mass is 10.3. The first kappa shape index (κ1) is 14.8. The number of imidazole rings is 1. The fraction of sp³-hybridized carbons (Fsp3) is 0.273. The van der Waals surface area contributed by atoms with Crippen LogP contribution >= 0.6 is 34.3 Å². The molecule has 0 bridgehead atoms. The second-order valence-corrected chi connectivity index (χ2v) is 8.28. The largest absolute Gasteiger partial charge is 0.282 e. The summed E-state index contributed by atoms with van der Waals surface area (Å²) in [6.45, 7) is 3.89. The standard InChI is InChI=1S/C11H11ClN4O2S3/c1-3-7-6(2)20-10(13-7)15-21(17,18)9-8(12)14-11-16(9)4-5-19-11/h4-5H,3H2,1-2H3,(H,13,15). The summed E-state index contributed by atoms with van der Waals surface area (Å²) in [5.41, 5.74) is 0.887. The quantitative estimate of drug-likeness (QED) is 0.773. The number of fused-ring (bicyclic) bond motifs is 1. The zero-order valence-electron chi connectivity index (χ0n) is 11.1. The summed E-state index contributed by atoms with van der Waals surface area (Å²) in [5, 5.41) is 1.98. The lowest BCUT2D eigenvalue weighted by Gasteiger charge is -2.04. The van der Waals surface area contributed by atoms with Crippen molar-refractivity contribution in [3.8, 4) is 0 Å². The normalized spacial score (nSPS) is 12.1. The zero-order valence-corrected chi connectivity index (χ0v) is 14.3. The van der Waals surface area contributed by atoms with E-state index in [0.717, 1.165) is 17.0 Å². The van der Waals surface area contributed by atoms with Gasteiger partial charge in [0, 0.05) is 16.5 Å². The predicted molar refractivity (Wildman–Crippen MR) is 85.1 cm³/mol. The smallest absolute Gasteiger partial charge is 0.278 e. The van der Waals surface area contributed by atoms with E-state index in [1.807, 2.05) is 13.8 Å². The molecule has 3 aromatic rings. The third-order valence-corrected chi connectivity index (χ3v) is 6.43. The van der Waals surface area contributed by atoms with Crippen molar-refractivity contribution < 1.29 is 8.42 Å². The Morgan fingerprint density at radius 3 is 2.86 bits per heavy atom. The molecule has 0 aliphatic heterocycles. The molecule has 0 radical (unpaired) electrons. The van der Waals surface area contributed by atoms with E-state index in [-0.39, 0.29) is 10.2 Å². The monoisotopic (exact) mass is 362 g/mol. The fourth-order valence-corrected chi connectivity index (χ4v) is 5.54. The average Bonchev–Trinajstić information content (AvgIpc) is 3.02. The highest BCUT2D eigenvalue weighted by Crippen LogP contribution is 2.29. The van der Waals surface area contributed by atoms with Crippen LogP contribution in [0.4, 0.5) is 5.13 Å². The molecule has 0 aliphatic carbocycles. The first-order valence-electron chi connectivity index (χ1n) is 6.02. The number of sulfonamides is 1. The SMILES string of the molecule is CCc1nc(NS(=O)(=O)c2c(Cl)nc3sccn23)sc1C. The van der Waals surface area contributed by atoms with E-state index in [9.17, 15) is 8.42 Å². The topological polar surface area (TPSA) is 76.4 Å². The van der Waals surface area contributed by atoms with Crippen LogP contribution in [0, 0.1) is 6.92 Å². The van der Waals surface area contributed by atoms with Crippen LogP contribution in [-0.4, -0.2) is 22.8 Å². The number of thiazole rings is 2. The zero-order chi connectivity index (χ0) is 15.2.